The molecule has 0 bridgehead atoms. The van der Waals surface area contributed by atoms with Gasteiger partial charge in [0.1, 0.15) is 0 Å². The van der Waals surface area contributed by atoms with Crippen molar-refractivity contribution >= 4 is 5.91 Å². The molecule has 1 aliphatic rings. The summed E-state index contributed by atoms with van der Waals surface area (Å²) in [4.78, 5) is 13.3. The minimum atomic E-state index is 0.328. The maximum absolute atomic E-state index is 11.3. The zero-order valence-corrected chi connectivity index (χ0v) is 9.38. The standard InChI is InChI=1S/C11H22N2O/c1-3-4-7-12-10(2)9-13-8-5-6-11(13)14/h10,12H,3-9H2,1-2H3. The van der Waals surface area contributed by atoms with Crippen molar-refractivity contribution in [3.05, 3.63) is 0 Å². The summed E-state index contributed by atoms with van der Waals surface area (Å²) in [5, 5.41) is 3.44. The Hall–Kier alpha value is -0.570. The highest BCUT2D eigenvalue weighted by Gasteiger charge is 2.21. The molecule has 1 rings (SSSR count). The van der Waals surface area contributed by atoms with Gasteiger partial charge in [0.25, 0.3) is 0 Å². The van der Waals surface area contributed by atoms with Gasteiger partial charge in [0.2, 0.25) is 5.91 Å². The maximum atomic E-state index is 11.3. The minimum absolute atomic E-state index is 0.328. The quantitative estimate of drug-likeness (QED) is 0.654. The van der Waals surface area contributed by atoms with Gasteiger partial charge in [-0.1, -0.05) is 13.3 Å². The number of unbranched alkanes of at least 4 members (excludes halogenated alkanes) is 1. The third-order valence-corrected chi connectivity index (χ3v) is 2.69. The van der Waals surface area contributed by atoms with Gasteiger partial charge in [-0.15, -0.1) is 0 Å². The van der Waals surface area contributed by atoms with Crippen molar-refractivity contribution in [2.24, 2.45) is 0 Å². The van der Waals surface area contributed by atoms with E-state index < -0.39 is 0 Å². The lowest BCUT2D eigenvalue weighted by atomic mass is 10.3. The van der Waals surface area contributed by atoms with Gasteiger partial charge in [-0.05, 0) is 26.3 Å². The summed E-state index contributed by atoms with van der Waals surface area (Å²) in [6.07, 6.45) is 4.24. The van der Waals surface area contributed by atoms with E-state index in [1.807, 2.05) is 4.90 Å². The van der Waals surface area contributed by atoms with Gasteiger partial charge in [-0.25, -0.2) is 0 Å². The molecule has 0 saturated carbocycles. The highest BCUT2D eigenvalue weighted by Crippen LogP contribution is 2.09. The van der Waals surface area contributed by atoms with E-state index in [0.717, 1.165) is 32.5 Å². The van der Waals surface area contributed by atoms with E-state index in [1.165, 1.54) is 12.8 Å². The predicted octanol–water partition coefficient (Wildman–Crippen LogP) is 1.39. The lowest BCUT2D eigenvalue weighted by Gasteiger charge is -2.21. The predicted molar refractivity (Wildman–Crippen MR) is 58.2 cm³/mol. The molecule has 0 aromatic carbocycles. The van der Waals surface area contributed by atoms with Crippen molar-refractivity contribution in [2.75, 3.05) is 19.6 Å². The smallest absolute Gasteiger partial charge is 0.222 e. The van der Waals surface area contributed by atoms with Gasteiger partial charge in [0, 0.05) is 25.6 Å². The molecule has 3 nitrogen and oxygen atoms in total. The first-order valence-electron chi connectivity index (χ1n) is 5.75. The molecule has 3 heteroatoms. The molecule has 1 aliphatic heterocycles. The maximum Gasteiger partial charge on any atom is 0.222 e. The molecule has 1 fully saturated rings. The average Bonchev–Trinajstić information content (AvgIpc) is 2.52. The lowest BCUT2D eigenvalue weighted by molar-refractivity contribution is -0.127. The molecule has 82 valence electrons. The van der Waals surface area contributed by atoms with Crippen LogP contribution >= 0.6 is 0 Å². The summed E-state index contributed by atoms with van der Waals surface area (Å²) >= 11 is 0. The Bertz CT molecular complexity index is 182. The largest absolute Gasteiger partial charge is 0.341 e. The Balaban J connectivity index is 2.12. The number of carbonyl (C=O) groups is 1. The van der Waals surface area contributed by atoms with Gasteiger partial charge in [0.05, 0.1) is 0 Å². The van der Waals surface area contributed by atoms with E-state index in [0.29, 0.717) is 11.9 Å². The third kappa shape index (κ3) is 3.66. The number of rotatable bonds is 6. The van der Waals surface area contributed by atoms with Crippen LogP contribution in [0, 0.1) is 0 Å². The number of nitrogens with zero attached hydrogens (tertiary/aromatic N) is 1. The highest BCUT2D eigenvalue weighted by atomic mass is 16.2. The van der Waals surface area contributed by atoms with Crippen LogP contribution in [0.3, 0.4) is 0 Å². The third-order valence-electron chi connectivity index (χ3n) is 2.69. The second-order valence-electron chi connectivity index (χ2n) is 4.15. The molecule has 1 atom stereocenters. The molecule has 0 spiro atoms. The van der Waals surface area contributed by atoms with E-state index >= 15 is 0 Å². The van der Waals surface area contributed by atoms with E-state index in [-0.39, 0.29) is 0 Å². The summed E-state index contributed by atoms with van der Waals surface area (Å²) in [5.74, 6) is 0.328. The molecule has 1 saturated heterocycles. The monoisotopic (exact) mass is 198 g/mol. The van der Waals surface area contributed by atoms with Gasteiger partial charge < -0.3 is 10.2 Å². The molecule has 1 unspecified atom stereocenters. The average molecular weight is 198 g/mol. The lowest BCUT2D eigenvalue weighted by Crippen LogP contribution is -2.40. The van der Waals surface area contributed by atoms with Crippen LogP contribution in [-0.4, -0.2) is 36.5 Å². The Morgan fingerprint density at radius 2 is 2.36 bits per heavy atom. The van der Waals surface area contributed by atoms with Crippen LogP contribution in [0.15, 0.2) is 0 Å². The van der Waals surface area contributed by atoms with Crippen molar-refractivity contribution in [1.29, 1.82) is 0 Å². The molecule has 0 radical (unpaired) electrons. The number of likely N-dealkylation sites (tertiary alicyclic amines) is 1. The molecule has 1 N–H and O–H groups in total. The molecular weight excluding hydrogens is 176 g/mol. The Morgan fingerprint density at radius 1 is 1.57 bits per heavy atom. The second kappa shape index (κ2) is 6.02. The molecule has 1 amide bonds. The van der Waals surface area contributed by atoms with Crippen LogP contribution in [0.2, 0.25) is 0 Å². The number of carbonyl (C=O) groups excluding carboxylic acids is 1. The van der Waals surface area contributed by atoms with Crippen LogP contribution in [0.4, 0.5) is 0 Å². The van der Waals surface area contributed by atoms with E-state index in [4.69, 9.17) is 0 Å². The zero-order chi connectivity index (χ0) is 10.4. The first kappa shape index (κ1) is 11.5. The zero-order valence-electron chi connectivity index (χ0n) is 9.38. The molecule has 0 aromatic heterocycles. The fraction of sp³-hybridized carbons (Fsp3) is 0.909. The van der Waals surface area contributed by atoms with Gasteiger partial charge >= 0.3 is 0 Å². The van der Waals surface area contributed by atoms with Gasteiger partial charge in [-0.2, -0.15) is 0 Å². The van der Waals surface area contributed by atoms with Crippen molar-refractivity contribution in [3.63, 3.8) is 0 Å². The summed E-state index contributed by atoms with van der Waals surface area (Å²) in [6.45, 7) is 7.25. The number of hydrogen-bond acceptors (Lipinski definition) is 2. The first-order valence-corrected chi connectivity index (χ1v) is 5.75. The summed E-state index contributed by atoms with van der Waals surface area (Å²) in [5.41, 5.74) is 0. The SMILES string of the molecule is CCCCNC(C)CN1CCCC1=O. The van der Waals surface area contributed by atoms with Crippen molar-refractivity contribution in [1.82, 2.24) is 10.2 Å². The fourth-order valence-corrected chi connectivity index (χ4v) is 1.82. The Kier molecular flexibility index (Phi) is 4.94. The normalized spacial score (nSPS) is 19.0. The second-order valence-corrected chi connectivity index (χ2v) is 4.15. The Labute approximate surface area is 86.9 Å². The van der Waals surface area contributed by atoms with Crippen molar-refractivity contribution < 1.29 is 4.79 Å². The van der Waals surface area contributed by atoms with Gasteiger partial charge in [0.15, 0.2) is 0 Å². The molecule has 14 heavy (non-hydrogen) atoms. The van der Waals surface area contributed by atoms with E-state index in [1.54, 1.807) is 0 Å². The number of amides is 1. The van der Waals surface area contributed by atoms with Crippen LogP contribution < -0.4 is 5.32 Å². The molecule has 1 heterocycles. The highest BCUT2D eigenvalue weighted by molar-refractivity contribution is 5.78. The van der Waals surface area contributed by atoms with Crippen molar-refractivity contribution in [3.8, 4) is 0 Å². The van der Waals surface area contributed by atoms with E-state index in [9.17, 15) is 4.79 Å². The van der Waals surface area contributed by atoms with Crippen LogP contribution in [0.5, 0.6) is 0 Å². The van der Waals surface area contributed by atoms with Crippen LogP contribution in [0.1, 0.15) is 39.5 Å². The van der Waals surface area contributed by atoms with E-state index in [2.05, 4.69) is 19.2 Å². The van der Waals surface area contributed by atoms with Gasteiger partial charge in [-0.3, -0.25) is 4.79 Å². The summed E-state index contributed by atoms with van der Waals surface area (Å²) < 4.78 is 0. The Morgan fingerprint density at radius 3 is 2.93 bits per heavy atom. The topological polar surface area (TPSA) is 32.3 Å². The summed E-state index contributed by atoms with van der Waals surface area (Å²) in [7, 11) is 0. The molecular formula is C11H22N2O. The van der Waals surface area contributed by atoms with Crippen LogP contribution in [-0.2, 0) is 4.79 Å². The number of nitrogens with one attached hydrogen (secondary N) is 1. The minimum Gasteiger partial charge on any atom is -0.341 e. The molecule has 0 aliphatic carbocycles. The van der Waals surface area contributed by atoms with Crippen molar-refractivity contribution in [2.45, 2.75) is 45.6 Å². The van der Waals surface area contributed by atoms with Crippen LogP contribution in [0.25, 0.3) is 0 Å². The molecule has 0 aromatic rings. The summed E-state index contributed by atoms with van der Waals surface area (Å²) in [6, 6.07) is 0.434. The number of hydrogen-bond donors (Lipinski definition) is 1. The first-order chi connectivity index (χ1) is 6.74. The fourth-order valence-electron chi connectivity index (χ4n) is 1.82.